The monoisotopic (exact) mass is 594 g/mol. The molecule has 2 aromatic carbocycles. The van der Waals surface area contributed by atoms with E-state index in [1.54, 1.807) is 29.7 Å². The summed E-state index contributed by atoms with van der Waals surface area (Å²) in [6.07, 6.45) is 5.95. The molecule has 0 spiro atoms. The summed E-state index contributed by atoms with van der Waals surface area (Å²) in [4.78, 5) is 24.8. The number of carboxylic acid groups (broad SMARTS) is 1. The molecule has 2 aromatic heterocycles. The van der Waals surface area contributed by atoms with Gasteiger partial charge in [-0.3, -0.25) is 14.4 Å². The Labute approximate surface area is 244 Å². The third kappa shape index (κ3) is 7.93. The van der Waals surface area contributed by atoms with E-state index >= 15 is 0 Å². The molecule has 0 saturated carbocycles. The van der Waals surface area contributed by atoms with Crippen LogP contribution in [0, 0.1) is 0 Å². The fourth-order valence-electron chi connectivity index (χ4n) is 4.96. The molecule has 1 saturated heterocycles. The normalized spacial score (nSPS) is 14.3. The van der Waals surface area contributed by atoms with Gasteiger partial charge in [-0.25, -0.2) is 18.4 Å². The molecule has 216 valence electrons. The van der Waals surface area contributed by atoms with Crippen molar-refractivity contribution < 1.29 is 18.3 Å². The van der Waals surface area contributed by atoms with Crippen molar-refractivity contribution in [3.8, 4) is 11.1 Å². The maximum atomic E-state index is 11.7. The number of carboxylic acids is 1. The van der Waals surface area contributed by atoms with Crippen LogP contribution in [-0.2, 0) is 14.8 Å². The summed E-state index contributed by atoms with van der Waals surface area (Å²) in [5, 5.41) is 14.1. The maximum Gasteiger partial charge on any atom is 0.303 e. The van der Waals surface area contributed by atoms with Crippen LogP contribution in [0.25, 0.3) is 21.3 Å². The Morgan fingerprint density at radius 2 is 1.80 bits per heavy atom. The number of benzene rings is 2. The van der Waals surface area contributed by atoms with E-state index in [2.05, 4.69) is 37.0 Å². The second-order valence-electron chi connectivity index (χ2n) is 10.2. The lowest BCUT2D eigenvalue weighted by molar-refractivity contribution is -0.137. The minimum absolute atomic E-state index is 0.260. The lowest BCUT2D eigenvalue weighted by Gasteiger charge is -2.36. The first-order valence-electron chi connectivity index (χ1n) is 13.6. The molecule has 10 nitrogen and oxygen atoms in total. The van der Waals surface area contributed by atoms with Crippen LogP contribution in [0.3, 0.4) is 0 Å². The SMILES string of the molecule is CS(=O)(=O)Nc1cccc(-c2csc3cnc(Nc4ccc(N5CCN(CCCCCC(=O)O)CC5)cc4)nc23)c1. The van der Waals surface area contributed by atoms with E-state index in [1.807, 2.05) is 29.6 Å². The van der Waals surface area contributed by atoms with Gasteiger partial charge in [0, 0.05) is 60.6 Å². The van der Waals surface area contributed by atoms with Crippen molar-refractivity contribution in [3.05, 3.63) is 60.1 Å². The Bertz CT molecular complexity index is 1600. The number of nitrogens with one attached hydrogen (secondary N) is 2. The molecule has 0 aliphatic carbocycles. The molecule has 0 unspecified atom stereocenters. The summed E-state index contributed by atoms with van der Waals surface area (Å²) in [7, 11) is -3.37. The van der Waals surface area contributed by atoms with E-state index in [0.29, 0.717) is 11.6 Å². The van der Waals surface area contributed by atoms with Crippen LogP contribution in [0.1, 0.15) is 25.7 Å². The van der Waals surface area contributed by atoms with E-state index in [1.165, 1.54) is 5.69 Å². The second kappa shape index (κ2) is 12.8. The highest BCUT2D eigenvalue weighted by Gasteiger charge is 2.17. The molecule has 0 bridgehead atoms. The first-order chi connectivity index (χ1) is 19.7. The van der Waals surface area contributed by atoms with Gasteiger partial charge < -0.3 is 15.3 Å². The summed E-state index contributed by atoms with van der Waals surface area (Å²) in [5.41, 5.74) is 5.17. The number of carbonyl (C=O) groups is 1. The third-order valence-corrected chi connectivity index (χ3v) is 8.53. The van der Waals surface area contributed by atoms with Crippen molar-refractivity contribution >= 4 is 60.6 Å². The first-order valence-corrected chi connectivity index (χ1v) is 16.4. The van der Waals surface area contributed by atoms with Crippen molar-refractivity contribution in [1.82, 2.24) is 14.9 Å². The van der Waals surface area contributed by atoms with Gasteiger partial charge in [-0.05, 0) is 61.3 Å². The average Bonchev–Trinajstić information content (AvgIpc) is 3.36. The smallest absolute Gasteiger partial charge is 0.303 e. The van der Waals surface area contributed by atoms with Gasteiger partial charge in [0.1, 0.15) is 0 Å². The summed E-state index contributed by atoms with van der Waals surface area (Å²) in [6, 6.07) is 15.6. The van der Waals surface area contributed by atoms with Crippen LogP contribution in [0.15, 0.2) is 60.1 Å². The van der Waals surface area contributed by atoms with Crippen molar-refractivity contribution in [1.29, 1.82) is 0 Å². The Kier molecular flexibility index (Phi) is 9.01. The average molecular weight is 595 g/mol. The van der Waals surface area contributed by atoms with Crippen molar-refractivity contribution in [2.24, 2.45) is 0 Å². The van der Waals surface area contributed by atoms with Crippen LogP contribution in [-0.4, -0.2) is 73.3 Å². The van der Waals surface area contributed by atoms with Gasteiger partial charge in [-0.15, -0.1) is 11.3 Å². The zero-order chi connectivity index (χ0) is 28.8. The van der Waals surface area contributed by atoms with Crippen LogP contribution < -0.4 is 14.9 Å². The number of thiophene rings is 1. The molecule has 5 rings (SSSR count). The number of aliphatic carboxylic acids is 1. The Morgan fingerprint density at radius 3 is 2.54 bits per heavy atom. The molecule has 0 amide bonds. The first kappa shape index (κ1) is 28.8. The van der Waals surface area contributed by atoms with Crippen molar-refractivity contribution in [3.63, 3.8) is 0 Å². The summed E-state index contributed by atoms with van der Waals surface area (Å²) < 4.78 is 26.8. The van der Waals surface area contributed by atoms with Crippen LogP contribution >= 0.6 is 11.3 Å². The molecule has 4 aromatic rings. The molecule has 1 aliphatic rings. The molecular weight excluding hydrogens is 560 g/mol. The maximum absolute atomic E-state index is 11.7. The molecule has 1 fully saturated rings. The fraction of sp³-hybridized carbons (Fsp3) is 0.345. The minimum atomic E-state index is -3.37. The fourth-order valence-corrected chi connectivity index (χ4v) is 6.39. The van der Waals surface area contributed by atoms with Crippen LogP contribution in [0.4, 0.5) is 23.0 Å². The number of unbranched alkanes of at least 4 members (excludes halogenated alkanes) is 2. The van der Waals surface area contributed by atoms with Gasteiger partial charge in [0.2, 0.25) is 16.0 Å². The van der Waals surface area contributed by atoms with E-state index in [4.69, 9.17) is 10.1 Å². The zero-order valence-electron chi connectivity index (χ0n) is 22.9. The summed E-state index contributed by atoms with van der Waals surface area (Å²) >= 11 is 1.55. The molecule has 0 atom stereocenters. The predicted molar refractivity (Wildman–Crippen MR) is 166 cm³/mol. The molecule has 12 heteroatoms. The van der Waals surface area contributed by atoms with Gasteiger partial charge in [-0.2, -0.15) is 0 Å². The molecule has 0 radical (unpaired) electrons. The van der Waals surface area contributed by atoms with Gasteiger partial charge in [0.15, 0.2) is 0 Å². The van der Waals surface area contributed by atoms with Crippen molar-refractivity contribution in [2.45, 2.75) is 25.7 Å². The lowest BCUT2D eigenvalue weighted by Crippen LogP contribution is -2.46. The number of sulfonamides is 1. The van der Waals surface area contributed by atoms with E-state index < -0.39 is 16.0 Å². The number of hydrogen-bond acceptors (Lipinski definition) is 9. The number of aromatic nitrogens is 2. The Balaban J connectivity index is 1.19. The lowest BCUT2D eigenvalue weighted by atomic mass is 10.1. The highest BCUT2D eigenvalue weighted by Crippen LogP contribution is 2.34. The zero-order valence-corrected chi connectivity index (χ0v) is 24.5. The minimum Gasteiger partial charge on any atom is -0.481 e. The van der Waals surface area contributed by atoms with Gasteiger partial charge >= 0.3 is 5.97 Å². The largest absolute Gasteiger partial charge is 0.481 e. The van der Waals surface area contributed by atoms with E-state index in [-0.39, 0.29) is 6.42 Å². The van der Waals surface area contributed by atoms with Crippen molar-refractivity contribution in [2.75, 3.05) is 53.9 Å². The van der Waals surface area contributed by atoms with Gasteiger partial charge in [0.05, 0.1) is 22.7 Å². The summed E-state index contributed by atoms with van der Waals surface area (Å²) in [6.45, 7) is 4.95. The Hall–Kier alpha value is -3.74. The quantitative estimate of drug-likeness (QED) is 0.189. The van der Waals surface area contributed by atoms with E-state index in [0.717, 1.165) is 85.3 Å². The molecule has 1 aliphatic heterocycles. The number of hydrogen-bond donors (Lipinski definition) is 3. The number of nitrogens with zero attached hydrogens (tertiary/aromatic N) is 4. The number of anilines is 4. The molecular formula is C29H34N6O4S2. The van der Waals surface area contributed by atoms with Gasteiger partial charge in [0.25, 0.3) is 0 Å². The topological polar surface area (TPSA) is 128 Å². The number of piperazine rings is 1. The molecule has 3 heterocycles. The molecule has 3 N–H and O–H groups in total. The standard InChI is InChI=1S/C29H34N6O4S2/c1-41(38,39)33-23-7-5-6-21(18-23)25-20-40-26-19-30-29(32-28(25)26)31-22-9-11-24(12-10-22)35-16-14-34(15-17-35)13-4-2-3-8-27(36)37/h5-7,9-12,18-20,33H,2-4,8,13-17H2,1H3,(H,36,37)(H,30,31,32). The van der Waals surface area contributed by atoms with E-state index in [9.17, 15) is 13.2 Å². The second-order valence-corrected chi connectivity index (χ2v) is 12.9. The number of rotatable bonds is 12. The van der Waals surface area contributed by atoms with Crippen LogP contribution in [0.2, 0.25) is 0 Å². The Morgan fingerprint density at radius 1 is 1.02 bits per heavy atom. The highest BCUT2D eigenvalue weighted by atomic mass is 32.2. The third-order valence-electron chi connectivity index (χ3n) is 7.02. The summed E-state index contributed by atoms with van der Waals surface area (Å²) in [5.74, 6) is -0.221. The molecule has 41 heavy (non-hydrogen) atoms. The highest BCUT2D eigenvalue weighted by molar-refractivity contribution is 7.92. The van der Waals surface area contributed by atoms with Gasteiger partial charge in [-0.1, -0.05) is 18.6 Å². The number of fused-ring (bicyclic) bond motifs is 1. The van der Waals surface area contributed by atoms with Crippen LogP contribution in [0.5, 0.6) is 0 Å². The predicted octanol–water partition coefficient (Wildman–Crippen LogP) is 5.24.